The summed E-state index contributed by atoms with van der Waals surface area (Å²) in [6.07, 6.45) is -0.987. The van der Waals surface area contributed by atoms with Gasteiger partial charge in [-0.3, -0.25) is 9.29 Å². The monoisotopic (exact) mass is 603 g/mol. The molecule has 0 saturated heterocycles. The summed E-state index contributed by atoms with van der Waals surface area (Å²) in [5.41, 5.74) is -0.169. The number of anilines is 1. The molecule has 0 spiro atoms. The number of benzene rings is 3. The van der Waals surface area contributed by atoms with Crippen molar-refractivity contribution >= 4 is 37.4 Å². The van der Waals surface area contributed by atoms with E-state index in [1.54, 1.807) is 43.5 Å². The van der Waals surface area contributed by atoms with Gasteiger partial charge in [0, 0.05) is 30.2 Å². The fourth-order valence-electron chi connectivity index (χ4n) is 4.72. The van der Waals surface area contributed by atoms with Gasteiger partial charge in [0.05, 0.1) is 36.5 Å². The second kappa shape index (κ2) is 10.7. The quantitative estimate of drug-likeness (QED) is 0.216. The minimum Gasteiger partial charge on any atom is -0.497 e. The molecule has 0 aliphatic rings. The lowest BCUT2D eigenvalue weighted by molar-refractivity contribution is -0.140. The molecule has 220 valence electrons. The molecule has 0 aliphatic heterocycles. The number of methoxy groups -OCH3 is 1. The van der Waals surface area contributed by atoms with Gasteiger partial charge >= 0.3 is 6.18 Å². The molecule has 2 heterocycles. The molecule has 13 heteroatoms. The molecule has 0 atom stereocenters. The Balaban J connectivity index is 1.72. The van der Waals surface area contributed by atoms with E-state index in [0.29, 0.717) is 23.3 Å². The van der Waals surface area contributed by atoms with E-state index in [1.807, 2.05) is 0 Å². The molecule has 42 heavy (non-hydrogen) atoms. The lowest BCUT2D eigenvalue weighted by Gasteiger charge is -2.21. The maximum Gasteiger partial charge on any atom is 0.419 e. The van der Waals surface area contributed by atoms with Crippen LogP contribution < -0.4 is 13.8 Å². The van der Waals surface area contributed by atoms with Crippen LogP contribution in [0.15, 0.2) is 67.0 Å². The van der Waals surface area contributed by atoms with Crippen molar-refractivity contribution in [1.82, 2.24) is 9.55 Å². The van der Waals surface area contributed by atoms with Crippen LogP contribution in [0.4, 0.5) is 23.2 Å². The predicted octanol–water partition coefficient (Wildman–Crippen LogP) is 6.08. The molecule has 0 fully saturated rings. The highest BCUT2D eigenvalue weighted by Gasteiger charge is 2.34. The minimum atomic E-state index is -4.92. The normalized spacial score (nSPS) is 12.2. The van der Waals surface area contributed by atoms with Gasteiger partial charge < -0.3 is 19.1 Å². The third-order valence-electron chi connectivity index (χ3n) is 6.85. The average Bonchev–Trinajstić information content (AvgIpc) is 3.26. The molecule has 5 rings (SSSR count). The number of nitrogens with zero attached hydrogens (tertiary/aromatic N) is 3. The third kappa shape index (κ3) is 5.39. The SMILES string of the molecule is COc1ccc(COc2c3ncccc3c(N(C)S(C)(=O)=O)c3cn(Cc4ccc(F)c(C(F)(F)F)c4)c(O)c23)cc1. The maximum absolute atomic E-state index is 13.9. The van der Waals surface area contributed by atoms with Crippen molar-refractivity contribution in [2.45, 2.75) is 19.3 Å². The van der Waals surface area contributed by atoms with E-state index < -0.39 is 33.5 Å². The Hall–Kier alpha value is -4.52. The van der Waals surface area contributed by atoms with Crippen molar-refractivity contribution in [1.29, 1.82) is 0 Å². The standard InChI is InChI=1S/C29H25F4N3O5S/c1-35(42(3,38)39)26-20-5-4-12-34-25(20)27(41-16-17-6-9-19(40-2)10-7-17)24-21(26)15-36(28(24)37)14-18-8-11-23(30)22(13-18)29(31,32)33/h4-13,15,37H,14,16H2,1-3H3. The van der Waals surface area contributed by atoms with Crippen LogP contribution in [0.1, 0.15) is 16.7 Å². The number of halogens is 4. The Morgan fingerprint density at radius 2 is 1.74 bits per heavy atom. The summed E-state index contributed by atoms with van der Waals surface area (Å²) >= 11 is 0. The summed E-state index contributed by atoms with van der Waals surface area (Å²) in [5.74, 6) is -1.03. The first-order valence-electron chi connectivity index (χ1n) is 12.5. The molecular formula is C29H25F4N3O5S. The van der Waals surface area contributed by atoms with Crippen molar-refractivity contribution in [3.8, 4) is 17.4 Å². The predicted molar refractivity (Wildman–Crippen MR) is 150 cm³/mol. The summed E-state index contributed by atoms with van der Waals surface area (Å²) < 4.78 is 93.0. The van der Waals surface area contributed by atoms with E-state index in [1.165, 1.54) is 30.1 Å². The topological polar surface area (TPSA) is 93.9 Å². The summed E-state index contributed by atoms with van der Waals surface area (Å²) in [4.78, 5) is 4.43. The van der Waals surface area contributed by atoms with Gasteiger partial charge in [0.2, 0.25) is 15.9 Å². The first-order chi connectivity index (χ1) is 19.8. The first kappa shape index (κ1) is 29.0. The molecule has 8 nitrogen and oxygen atoms in total. The smallest absolute Gasteiger partial charge is 0.419 e. The van der Waals surface area contributed by atoms with Crippen molar-refractivity contribution in [2.24, 2.45) is 0 Å². The Bertz CT molecular complexity index is 1910. The molecule has 1 N–H and O–H groups in total. The van der Waals surface area contributed by atoms with Crippen LogP contribution in [-0.2, 0) is 29.4 Å². The van der Waals surface area contributed by atoms with E-state index in [0.717, 1.165) is 16.1 Å². The molecule has 0 radical (unpaired) electrons. The molecular weight excluding hydrogens is 578 g/mol. The number of aromatic hydroxyl groups is 1. The highest BCUT2D eigenvalue weighted by Crippen LogP contribution is 2.47. The van der Waals surface area contributed by atoms with Gasteiger partial charge in [-0.25, -0.2) is 12.8 Å². The van der Waals surface area contributed by atoms with Gasteiger partial charge in [-0.15, -0.1) is 0 Å². The van der Waals surface area contributed by atoms with Gasteiger partial charge in [-0.1, -0.05) is 18.2 Å². The third-order valence-corrected chi connectivity index (χ3v) is 8.03. The van der Waals surface area contributed by atoms with Crippen LogP contribution in [0, 0.1) is 5.82 Å². The van der Waals surface area contributed by atoms with Gasteiger partial charge in [0.25, 0.3) is 0 Å². The number of hydrogen-bond donors (Lipinski definition) is 1. The van der Waals surface area contributed by atoms with Crippen LogP contribution in [0.25, 0.3) is 21.7 Å². The number of rotatable bonds is 8. The molecule has 0 unspecified atom stereocenters. The second-order valence-electron chi connectivity index (χ2n) is 9.63. The van der Waals surface area contributed by atoms with Crippen LogP contribution in [0.5, 0.6) is 17.4 Å². The fraction of sp³-hybridized carbons (Fsp3) is 0.207. The Morgan fingerprint density at radius 1 is 1.05 bits per heavy atom. The number of pyridine rings is 1. The summed E-state index contributed by atoms with van der Waals surface area (Å²) in [6, 6.07) is 12.9. The fourth-order valence-corrected chi connectivity index (χ4v) is 5.25. The lowest BCUT2D eigenvalue weighted by atomic mass is 10.1. The number of fused-ring (bicyclic) bond motifs is 2. The van der Waals surface area contributed by atoms with E-state index >= 15 is 0 Å². The second-order valence-corrected chi connectivity index (χ2v) is 11.6. The highest BCUT2D eigenvalue weighted by atomic mass is 32.2. The van der Waals surface area contributed by atoms with Gasteiger partial charge in [-0.05, 0) is 47.5 Å². The highest BCUT2D eigenvalue weighted by molar-refractivity contribution is 7.92. The van der Waals surface area contributed by atoms with Crippen LogP contribution in [0.3, 0.4) is 0 Å². The van der Waals surface area contributed by atoms with Crippen molar-refractivity contribution < 1.29 is 40.6 Å². The molecule has 3 aromatic carbocycles. The van der Waals surface area contributed by atoms with Crippen LogP contribution >= 0.6 is 0 Å². The number of ether oxygens (including phenoxy) is 2. The lowest BCUT2D eigenvalue weighted by Crippen LogP contribution is -2.25. The number of hydrogen-bond acceptors (Lipinski definition) is 6. The van der Waals surface area contributed by atoms with Gasteiger partial charge in [-0.2, -0.15) is 13.2 Å². The van der Waals surface area contributed by atoms with Crippen molar-refractivity contribution in [2.75, 3.05) is 24.7 Å². The molecule has 0 amide bonds. The molecule has 2 aromatic heterocycles. The summed E-state index contributed by atoms with van der Waals surface area (Å²) in [5, 5.41) is 12.2. The number of alkyl halides is 3. The zero-order valence-corrected chi connectivity index (χ0v) is 23.4. The molecule has 5 aromatic rings. The van der Waals surface area contributed by atoms with Crippen molar-refractivity contribution in [3.63, 3.8) is 0 Å². The average molecular weight is 604 g/mol. The Kier molecular flexibility index (Phi) is 7.39. The number of sulfonamides is 1. The van der Waals surface area contributed by atoms with Crippen molar-refractivity contribution in [3.05, 3.63) is 89.5 Å². The van der Waals surface area contributed by atoms with Gasteiger partial charge in [0.15, 0.2) is 5.75 Å². The first-order valence-corrected chi connectivity index (χ1v) is 14.3. The minimum absolute atomic E-state index is 0.0452. The van der Waals surface area contributed by atoms with Gasteiger partial charge in [0.1, 0.15) is 23.7 Å². The Labute approximate surface area is 238 Å². The molecule has 0 bridgehead atoms. The van der Waals surface area contributed by atoms with Crippen LogP contribution in [0.2, 0.25) is 0 Å². The van der Waals surface area contributed by atoms with E-state index in [9.17, 15) is 31.1 Å². The van der Waals surface area contributed by atoms with E-state index in [-0.39, 0.29) is 46.4 Å². The summed E-state index contributed by atoms with van der Waals surface area (Å²) in [6.45, 7) is -0.239. The largest absolute Gasteiger partial charge is 0.497 e. The van der Waals surface area contributed by atoms with Crippen LogP contribution in [-0.4, -0.2) is 43.5 Å². The number of aromatic nitrogens is 2. The Morgan fingerprint density at radius 3 is 2.38 bits per heavy atom. The van der Waals surface area contributed by atoms with E-state index in [2.05, 4.69) is 4.98 Å². The molecule has 0 saturated carbocycles. The van der Waals surface area contributed by atoms with E-state index in [4.69, 9.17) is 9.47 Å². The maximum atomic E-state index is 13.9. The molecule has 0 aliphatic carbocycles. The summed E-state index contributed by atoms with van der Waals surface area (Å²) in [7, 11) is -0.922. The zero-order valence-electron chi connectivity index (χ0n) is 22.6. The zero-order chi connectivity index (χ0) is 30.4.